The van der Waals surface area contributed by atoms with Gasteiger partial charge in [0.05, 0.1) is 32.9 Å². The van der Waals surface area contributed by atoms with Crippen LogP contribution in [0.3, 0.4) is 0 Å². The molecule has 1 aliphatic rings. The second-order valence-electron chi connectivity index (χ2n) is 6.73. The van der Waals surface area contributed by atoms with Crippen molar-refractivity contribution in [1.82, 2.24) is 5.32 Å². The smallest absolute Gasteiger partial charge is 0.374 e. The molecule has 0 saturated heterocycles. The van der Waals surface area contributed by atoms with Crippen LogP contribution in [0.1, 0.15) is 40.6 Å². The summed E-state index contributed by atoms with van der Waals surface area (Å²) in [5.41, 5.74) is -2.02. The van der Waals surface area contributed by atoms with Gasteiger partial charge in [0.2, 0.25) is 5.91 Å². The second-order valence-corrected chi connectivity index (χ2v) is 9.06. The van der Waals surface area contributed by atoms with Crippen molar-refractivity contribution in [1.29, 1.82) is 0 Å². The predicted octanol–water partition coefficient (Wildman–Crippen LogP) is 6.63. The Morgan fingerprint density at radius 3 is 2.47 bits per heavy atom. The van der Waals surface area contributed by atoms with Crippen LogP contribution in [0.25, 0.3) is 0 Å². The number of hydrogen-bond acceptors (Lipinski definition) is 4. The predicted molar refractivity (Wildman–Crippen MR) is 113 cm³/mol. The van der Waals surface area contributed by atoms with Gasteiger partial charge in [-0.15, -0.1) is 11.3 Å². The quantitative estimate of drug-likeness (QED) is 0.470. The summed E-state index contributed by atoms with van der Waals surface area (Å²) in [6.07, 6.45) is -4.99. The second kappa shape index (κ2) is 8.57. The lowest BCUT2D eigenvalue weighted by Gasteiger charge is -2.29. The van der Waals surface area contributed by atoms with Gasteiger partial charge in [0.25, 0.3) is 5.60 Å². The van der Waals surface area contributed by atoms with Crippen LogP contribution in [0.15, 0.2) is 23.4 Å². The number of aryl methyl sites for hydroxylation is 1. The van der Waals surface area contributed by atoms with Crippen LogP contribution in [0.5, 0.6) is 0 Å². The van der Waals surface area contributed by atoms with Gasteiger partial charge in [0, 0.05) is 16.9 Å². The van der Waals surface area contributed by atoms with Gasteiger partial charge in [-0.3, -0.25) is 4.79 Å². The van der Waals surface area contributed by atoms with Crippen LogP contribution in [0, 0.1) is 6.92 Å². The molecule has 11 heteroatoms. The van der Waals surface area contributed by atoms with E-state index >= 15 is 0 Å². The molecule has 2 heterocycles. The summed E-state index contributed by atoms with van der Waals surface area (Å²) >= 11 is 19.0. The van der Waals surface area contributed by atoms with E-state index in [2.05, 4.69) is 10.5 Å². The minimum atomic E-state index is -4.79. The summed E-state index contributed by atoms with van der Waals surface area (Å²) in [5.74, 6) is -0.113. The molecule has 30 heavy (non-hydrogen) atoms. The van der Waals surface area contributed by atoms with Crippen molar-refractivity contribution in [3.8, 4) is 0 Å². The Balaban J connectivity index is 1.92. The van der Waals surface area contributed by atoms with E-state index in [0.717, 1.165) is 22.6 Å². The van der Waals surface area contributed by atoms with Gasteiger partial charge in [0.1, 0.15) is 5.71 Å². The van der Waals surface area contributed by atoms with E-state index in [0.29, 0.717) is 17.8 Å². The molecule has 3 rings (SSSR count). The SMILES string of the molecule is CCC(=O)NCc1sc(C2=NOC(c3cc(Cl)c(Cl)c(Cl)c3)(C(F)(F)F)C2)cc1C. The number of benzene rings is 1. The highest BCUT2D eigenvalue weighted by atomic mass is 35.5. The normalized spacial score (nSPS) is 18.9. The van der Waals surface area contributed by atoms with E-state index < -0.39 is 18.2 Å². The lowest BCUT2D eigenvalue weighted by Crippen LogP contribution is -2.42. The van der Waals surface area contributed by atoms with Crippen molar-refractivity contribution >= 4 is 57.8 Å². The topological polar surface area (TPSA) is 50.7 Å². The molecule has 1 unspecified atom stereocenters. The highest BCUT2D eigenvalue weighted by Gasteiger charge is 2.62. The molecule has 0 bridgehead atoms. The summed E-state index contributed by atoms with van der Waals surface area (Å²) in [6, 6.07) is 3.91. The number of nitrogens with zero attached hydrogens (tertiary/aromatic N) is 1. The highest BCUT2D eigenvalue weighted by Crippen LogP contribution is 2.51. The van der Waals surface area contributed by atoms with E-state index in [1.807, 2.05) is 6.92 Å². The third-order valence-corrected chi connectivity index (χ3v) is 7.19. The monoisotopic (exact) mass is 498 g/mol. The van der Waals surface area contributed by atoms with Gasteiger partial charge >= 0.3 is 6.18 Å². The minimum Gasteiger partial charge on any atom is -0.374 e. The Bertz CT molecular complexity index is 1000. The zero-order chi connectivity index (χ0) is 22.3. The van der Waals surface area contributed by atoms with Crippen molar-refractivity contribution in [3.63, 3.8) is 0 Å². The third kappa shape index (κ3) is 4.28. The minimum absolute atomic E-state index is 0.0359. The number of hydrogen-bond donors (Lipinski definition) is 1. The number of carbonyl (C=O) groups is 1. The van der Waals surface area contributed by atoms with Crippen LogP contribution < -0.4 is 5.32 Å². The lowest BCUT2D eigenvalue weighted by atomic mass is 9.88. The zero-order valence-electron chi connectivity index (χ0n) is 15.8. The van der Waals surface area contributed by atoms with Gasteiger partial charge in [-0.2, -0.15) is 13.2 Å². The van der Waals surface area contributed by atoms with Crippen molar-refractivity contribution < 1.29 is 22.8 Å². The molecule has 0 spiro atoms. The highest BCUT2D eigenvalue weighted by molar-refractivity contribution is 7.14. The maximum absolute atomic E-state index is 14.1. The van der Waals surface area contributed by atoms with Crippen molar-refractivity contribution in [2.24, 2.45) is 5.16 Å². The summed E-state index contributed by atoms with van der Waals surface area (Å²) in [4.78, 5) is 17.9. The summed E-state index contributed by atoms with van der Waals surface area (Å²) in [6.45, 7) is 3.85. The first-order valence-corrected chi connectivity index (χ1v) is 10.8. The van der Waals surface area contributed by atoms with Crippen molar-refractivity contribution in [3.05, 3.63) is 54.1 Å². The molecule has 2 aromatic rings. The third-order valence-electron chi connectivity index (χ3n) is 4.71. The van der Waals surface area contributed by atoms with Crippen molar-refractivity contribution in [2.45, 2.75) is 45.0 Å². The lowest BCUT2D eigenvalue weighted by molar-refractivity contribution is -0.275. The zero-order valence-corrected chi connectivity index (χ0v) is 18.9. The first kappa shape index (κ1) is 23.2. The van der Waals surface area contributed by atoms with E-state index in [4.69, 9.17) is 39.6 Å². The Hall–Kier alpha value is -1.48. The first-order chi connectivity index (χ1) is 14.0. The fourth-order valence-corrected chi connectivity index (χ4v) is 4.65. The number of amides is 1. The molecule has 1 aliphatic heterocycles. The number of alkyl halides is 3. The van der Waals surface area contributed by atoms with E-state index in [-0.39, 0.29) is 32.3 Å². The van der Waals surface area contributed by atoms with Crippen LogP contribution >= 0.6 is 46.1 Å². The first-order valence-electron chi connectivity index (χ1n) is 8.81. The van der Waals surface area contributed by atoms with Gasteiger partial charge in [-0.05, 0) is 30.7 Å². The number of thiophene rings is 1. The summed E-state index contributed by atoms with van der Waals surface area (Å²) < 4.78 is 42.4. The molecule has 162 valence electrons. The molecule has 1 amide bonds. The molecule has 1 aromatic carbocycles. The van der Waals surface area contributed by atoms with Crippen molar-refractivity contribution in [2.75, 3.05) is 0 Å². The van der Waals surface area contributed by atoms with Gasteiger partial charge in [-0.25, -0.2) is 0 Å². The van der Waals surface area contributed by atoms with Crippen LogP contribution in [-0.2, 0) is 21.8 Å². The van der Waals surface area contributed by atoms with Gasteiger partial charge in [0.15, 0.2) is 0 Å². The molecule has 0 radical (unpaired) electrons. The number of halogens is 6. The maximum Gasteiger partial charge on any atom is 0.435 e. The molecule has 1 aromatic heterocycles. The fraction of sp³-hybridized carbons (Fsp3) is 0.368. The molecule has 1 N–H and O–H groups in total. The molecule has 0 saturated carbocycles. The molecule has 0 aliphatic carbocycles. The summed E-state index contributed by atoms with van der Waals surface area (Å²) in [7, 11) is 0. The van der Waals surface area contributed by atoms with E-state index in [9.17, 15) is 18.0 Å². The number of rotatable bonds is 5. The molecule has 1 atom stereocenters. The average Bonchev–Trinajstić information content (AvgIpc) is 3.28. The molecular formula is C19H16Cl3F3N2O2S. The summed E-state index contributed by atoms with van der Waals surface area (Å²) in [5, 5.41) is 6.25. The number of oxime groups is 1. The Labute approximate surface area is 189 Å². The largest absolute Gasteiger partial charge is 0.435 e. The standard InChI is InChI=1S/C19H16Cl3F3N2O2S/c1-3-16(28)26-8-15-9(2)4-14(30-15)13-7-18(29-27-13,19(23,24)25)10-5-11(20)17(22)12(21)6-10/h4-6H,3,7-8H2,1-2H3,(H,26,28). The Kier molecular flexibility index (Phi) is 6.63. The number of nitrogens with one attached hydrogen (secondary N) is 1. The van der Waals surface area contributed by atoms with Gasteiger partial charge < -0.3 is 10.2 Å². The average molecular weight is 500 g/mol. The van der Waals surface area contributed by atoms with E-state index in [1.54, 1.807) is 13.0 Å². The van der Waals surface area contributed by atoms with Crippen LogP contribution in [0.2, 0.25) is 15.1 Å². The van der Waals surface area contributed by atoms with Crippen LogP contribution in [0.4, 0.5) is 13.2 Å². The molecular weight excluding hydrogens is 484 g/mol. The van der Waals surface area contributed by atoms with Crippen LogP contribution in [-0.4, -0.2) is 17.8 Å². The molecule has 0 fully saturated rings. The maximum atomic E-state index is 14.1. The Morgan fingerprint density at radius 1 is 1.27 bits per heavy atom. The molecule has 4 nitrogen and oxygen atoms in total. The van der Waals surface area contributed by atoms with Gasteiger partial charge in [-0.1, -0.05) is 46.9 Å². The number of carbonyl (C=O) groups excluding carboxylic acids is 1. The Morgan fingerprint density at radius 2 is 1.90 bits per heavy atom. The van der Waals surface area contributed by atoms with E-state index in [1.165, 1.54) is 11.3 Å². The fourth-order valence-electron chi connectivity index (χ4n) is 2.97.